The van der Waals surface area contributed by atoms with E-state index in [2.05, 4.69) is 5.32 Å². The Hall–Kier alpha value is -1.84. The van der Waals surface area contributed by atoms with Crippen LogP contribution in [0.25, 0.3) is 0 Å². The fourth-order valence-corrected chi connectivity index (χ4v) is 1.88. The molecule has 0 fully saturated rings. The van der Waals surface area contributed by atoms with Crippen molar-refractivity contribution in [1.29, 1.82) is 0 Å². The number of rotatable bonds is 3. The van der Waals surface area contributed by atoms with Gasteiger partial charge in [-0.2, -0.15) is 0 Å². The standard InChI is InChI=1S/C15H15ClN2O/c1-10-7-8-12(9-13(10)16)18-15(19)14(17)11-5-3-2-4-6-11/h2-9,14H,17H2,1H3,(H,18,19)/t14-/m1/s1. The van der Waals surface area contributed by atoms with Gasteiger partial charge < -0.3 is 11.1 Å². The third kappa shape index (κ3) is 3.34. The van der Waals surface area contributed by atoms with Crippen molar-refractivity contribution in [2.75, 3.05) is 5.32 Å². The average Bonchev–Trinajstić information content (AvgIpc) is 2.43. The molecule has 0 spiro atoms. The molecule has 1 atom stereocenters. The Kier molecular flexibility index (Phi) is 4.20. The normalized spacial score (nSPS) is 11.9. The van der Waals surface area contributed by atoms with E-state index in [9.17, 15) is 4.79 Å². The molecular formula is C15H15ClN2O. The highest BCUT2D eigenvalue weighted by atomic mass is 35.5. The second-order valence-electron chi connectivity index (χ2n) is 4.34. The number of nitrogens with two attached hydrogens (primary N) is 1. The zero-order chi connectivity index (χ0) is 13.8. The van der Waals surface area contributed by atoms with E-state index < -0.39 is 6.04 Å². The molecule has 0 saturated heterocycles. The largest absolute Gasteiger partial charge is 0.324 e. The van der Waals surface area contributed by atoms with Crippen LogP contribution in [-0.2, 0) is 4.79 Å². The Bertz CT molecular complexity index is 584. The van der Waals surface area contributed by atoms with Crippen molar-refractivity contribution in [2.24, 2.45) is 5.73 Å². The van der Waals surface area contributed by atoms with Crippen molar-refractivity contribution >= 4 is 23.2 Å². The molecule has 2 rings (SSSR count). The summed E-state index contributed by atoms with van der Waals surface area (Å²) in [6.07, 6.45) is 0. The molecule has 0 aliphatic rings. The van der Waals surface area contributed by atoms with Crippen LogP contribution in [0.2, 0.25) is 5.02 Å². The maximum Gasteiger partial charge on any atom is 0.245 e. The minimum absolute atomic E-state index is 0.258. The van der Waals surface area contributed by atoms with Gasteiger partial charge in [0.05, 0.1) is 0 Å². The van der Waals surface area contributed by atoms with Gasteiger partial charge in [-0.05, 0) is 30.2 Å². The summed E-state index contributed by atoms with van der Waals surface area (Å²) < 4.78 is 0. The molecule has 0 heterocycles. The molecular weight excluding hydrogens is 260 g/mol. The fraction of sp³-hybridized carbons (Fsp3) is 0.133. The summed E-state index contributed by atoms with van der Waals surface area (Å²) in [7, 11) is 0. The lowest BCUT2D eigenvalue weighted by Crippen LogP contribution is -2.27. The van der Waals surface area contributed by atoms with Gasteiger partial charge >= 0.3 is 0 Å². The molecule has 19 heavy (non-hydrogen) atoms. The van der Waals surface area contributed by atoms with E-state index >= 15 is 0 Å². The highest BCUT2D eigenvalue weighted by Gasteiger charge is 2.15. The quantitative estimate of drug-likeness (QED) is 0.902. The number of aryl methyl sites for hydroxylation is 1. The van der Waals surface area contributed by atoms with Crippen LogP contribution < -0.4 is 11.1 Å². The number of halogens is 1. The van der Waals surface area contributed by atoms with E-state index in [4.69, 9.17) is 17.3 Å². The number of hydrogen-bond donors (Lipinski definition) is 2. The van der Waals surface area contributed by atoms with E-state index in [1.54, 1.807) is 12.1 Å². The van der Waals surface area contributed by atoms with E-state index in [0.29, 0.717) is 10.7 Å². The predicted octanol–water partition coefficient (Wildman–Crippen LogP) is 3.29. The summed E-state index contributed by atoms with van der Waals surface area (Å²) in [6, 6.07) is 13.9. The van der Waals surface area contributed by atoms with Crippen molar-refractivity contribution in [3.05, 3.63) is 64.7 Å². The highest BCUT2D eigenvalue weighted by molar-refractivity contribution is 6.31. The second kappa shape index (κ2) is 5.87. The molecule has 3 nitrogen and oxygen atoms in total. The first-order valence-electron chi connectivity index (χ1n) is 5.95. The second-order valence-corrected chi connectivity index (χ2v) is 4.75. The predicted molar refractivity (Wildman–Crippen MR) is 78.2 cm³/mol. The lowest BCUT2D eigenvalue weighted by molar-refractivity contribution is -0.117. The van der Waals surface area contributed by atoms with Gasteiger partial charge in [0.2, 0.25) is 5.91 Å². The molecule has 0 aliphatic heterocycles. The molecule has 0 saturated carbocycles. The first kappa shape index (κ1) is 13.6. The molecule has 4 heteroatoms. The van der Waals surface area contributed by atoms with Gasteiger partial charge in [0.15, 0.2) is 0 Å². The van der Waals surface area contributed by atoms with Crippen LogP contribution in [0.1, 0.15) is 17.2 Å². The topological polar surface area (TPSA) is 55.1 Å². The van der Waals surface area contributed by atoms with Gasteiger partial charge in [0.1, 0.15) is 6.04 Å². The fourth-order valence-electron chi connectivity index (χ4n) is 1.70. The minimum atomic E-state index is -0.693. The lowest BCUT2D eigenvalue weighted by atomic mass is 10.1. The van der Waals surface area contributed by atoms with E-state index in [0.717, 1.165) is 11.1 Å². The third-order valence-corrected chi connectivity index (χ3v) is 3.29. The van der Waals surface area contributed by atoms with E-state index in [1.165, 1.54) is 0 Å². The van der Waals surface area contributed by atoms with E-state index in [1.807, 2.05) is 43.3 Å². The molecule has 0 aromatic heterocycles. The minimum Gasteiger partial charge on any atom is -0.324 e. The molecule has 2 aromatic carbocycles. The van der Waals surface area contributed by atoms with E-state index in [-0.39, 0.29) is 5.91 Å². The van der Waals surface area contributed by atoms with Crippen molar-refractivity contribution in [3.8, 4) is 0 Å². The summed E-state index contributed by atoms with van der Waals surface area (Å²) >= 11 is 6.01. The average molecular weight is 275 g/mol. The van der Waals surface area contributed by atoms with Crippen LogP contribution in [0, 0.1) is 6.92 Å². The summed E-state index contributed by atoms with van der Waals surface area (Å²) in [5.41, 5.74) is 8.30. The summed E-state index contributed by atoms with van der Waals surface area (Å²) in [5.74, 6) is -0.258. The molecule has 0 bridgehead atoms. The number of amides is 1. The Morgan fingerprint density at radius 1 is 1.21 bits per heavy atom. The van der Waals surface area contributed by atoms with Gasteiger partial charge in [-0.15, -0.1) is 0 Å². The van der Waals surface area contributed by atoms with Gasteiger partial charge in [-0.3, -0.25) is 4.79 Å². The number of hydrogen-bond acceptors (Lipinski definition) is 2. The lowest BCUT2D eigenvalue weighted by Gasteiger charge is -2.13. The molecule has 2 aromatic rings. The molecule has 98 valence electrons. The molecule has 0 radical (unpaired) electrons. The first-order chi connectivity index (χ1) is 9.08. The Labute approximate surface area is 117 Å². The number of carbonyl (C=O) groups excluding carboxylic acids is 1. The summed E-state index contributed by atoms with van der Waals surface area (Å²) in [5, 5.41) is 3.38. The van der Waals surface area contributed by atoms with Gasteiger partial charge in [0, 0.05) is 10.7 Å². The number of carbonyl (C=O) groups is 1. The summed E-state index contributed by atoms with van der Waals surface area (Å²) in [4.78, 5) is 12.0. The van der Waals surface area contributed by atoms with Crippen LogP contribution in [0.5, 0.6) is 0 Å². The number of anilines is 1. The smallest absolute Gasteiger partial charge is 0.245 e. The molecule has 1 amide bonds. The number of benzene rings is 2. The zero-order valence-corrected chi connectivity index (χ0v) is 11.3. The zero-order valence-electron chi connectivity index (χ0n) is 10.6. The van der Waals surface area contributed by atoms with Crippen LogP contribution in [0.4, 0.5) is 5.69 Å². The maximum atomic E-state index is 12.0. The first-order valence-corrected chi connectivity index (χ1v) is 6.33. The van der Waals surface area contributed by atoms with Crippen LogP contribution in [0.15, 0.2) is 48.5 Å². The van der Waals surface area contributed by atoms with Crippen LogP contribution >= 0.6 is 11.6 Å². The van der Waals surface area contributed by atoms with Gasteiger partial charge in [-0.1, -0.05) is 48.0 Å². The van der Waals surface area contributed by atoms with Crippen molar-refractivity contribution in [3.63, 3.8) is 0 Å². The maximum absolute atomic E-state index is 12.0. The molecule has 3 N–H and O–H groups in total. The molecule has 0 aliphatic carbocycles. The summed E-state index contributed by atoms with van der Waals surface area (Å²) in [6.45, 7) is 1.91. The Balaban J connectivity index is 2.10. The van der Waals surface area contributed by atoms with Crippen molar-refractivity contribution in [1.82, 2.24) is 0 Å². The number of nitrogens with one attached hydrogen (secondary N) is 1. The van der Waals surface area contributed by atoms with Crippen molar-refractivity contribution < 1.29 is 4.79 Å². The van der Waals surface area contributed by atoms with Crippen molar-refractivity contribution in [2.45, 2.75) is 13.0 Å². The van der Waals surface area contributed by atoms with Gasteiger partial charge in [-0.25, -0.2) is 0 Å². The Morgan fingerprint density at radius 3 is 2.53 bits per heavy atom. The monoisotopic (exact) mass is 274 g/mol. The third-order valence-electron chi connectivity index (χ3n) is 2.88. The van der Waals surface area contributed by atoms with Crippen LogP contribution in [0.3, 0.4) is 0 Å². The van der Waals surface area contributed by atoms with Gasteiger partial charge in [0.25, 0.3) is 0 Å². The SMILES string of the molecule is Cc1ccc(NC(=O)[C@H](N)c2ccccc2)cc1Cl. The Morgan fingerprint density at radius 2 is 1.89 bits per heavy atom. The van der Waals surface area contributed by atoms with Crippen LogP contribution in [-0.4, -0.2) is 5.91 Å². The highest BCUT2D eigenvalue weighted by Crippen LogP contribution is 2.21. The molecule has 0 unspecified atom stereocenters.